The number of halogens is 1. The van der Waals surface area contributed by atoms with Crippen molar-refractivity contribution >= 4 is 39.9 Å². The summed E-state index contributed by atoms with van der Waals surface area (Å²) in [6.45, 7) is 0. The molecule has 0 amide bonds. The zero-order chi connectivity index (χ0) is 6.69. The van der Waals surface area contributed by atoms with E-state index in [2.05, 4.69) is 40.2 Å². The Bertz CT molecular complexity index is 183. The minimum absolute atomic E-state index is 0.193. The number of rotatable bonds is 1. The Labute approximate surface area is 68.8 Å². The Kier molecular flexibility index (Phi) is 2.69. The molecule has 0 unspecified atom stereocenters. The molecule has 0 N–H and O–H groups in total. The summed E-state index contributed by atoms with van der Waals surface area (Å²) in [5, 5.41) is 1.59. The molecule has 48 valence electrons. The highest BCUT2D eigenvalue weighted by atomic mass is 79.9. The van der Waals surface area contributed by atoms with Gasteiger partial charge in [0.15, 0.2) is 0 Å². The van der Waals surface area contributed by atoms with Gasteiger partial charge in [-0.15, -0.1) is 0 Å². The first-order valence-electron chi connectivity index (χ1n) is 3.07. The van der Waals surface area contributed by atoms with E-state index < -0.39 is 0 Å². The molecule has 0 aromatic heterocycles. The van der Waals surface area contributed by atoms with Gasteiger partial charge in [-0.1, -0.05) is 33.2 Å². The Morgan fingerprint density at radius 3 is 2.22 bits per heavy atom. The highest BCUT2D eigenvalue weighted by Crippen LogP contribution is 2.04. The molecule has 0 fully saturated rings. The molecule has 0 radical (unpaired) electrons. The van der Waals surface area contributed by atoms with Crippen LogP contribution >= 0.6 is 15.9 Å². The van der Waals surface area contributed by atoms with Crippen molar-refractivity contribution in [2.45, 2.75) is 0 Å². The molecule has 0 heterocycles. The minimum Gasteiger partial charge on any atom is -0.0704 e. The van der Waals surface area contributed by atoms with Gasteiger partial charge in [0.05, 0.1) is 0 Å². The monoisotopic (exact) mass is 216 g/mol. The van der Waals surface area contributed by atoms with Crippen LogP contribution in [0.3, 0.4) is 0 Å². The summed E-state index contributed by atoms with van der Waals surface area (Å²) in [7, 11) is 1.59. The summed E-state index contributed by atoms with van der Waals surface area (Å²) in [4.78, 5) is 0. The molecule has 0 bridgehead atoms. The van der Waals surface area contributed by atoms with Crippen LogP contribution in [-0.4, -0.2) is 18.8 Å². The average molecular weight is 217 g/mol. The van der Waals surface area contributed by atoms with Gasteiger partial charge in [-0.05, 0) is 21.9 Å². The lowest BCUT2D eigenvalue weighted by Gasteiger charge is -1.92. The molecule has 9 heavy (non-hydrogen) atoms. The Morgan fingerprint density at radius 1 is 1.22 bits per heavy atom. The van der Waals surface area contributed by atoms with E-state index in [1.165, 1.54) is 14.2 Å². The van der Waals surface area contributed by atoms with Crippen molar-refractivity contribution in [1.82, 2.24) is 0 Å². The maximum Gasteiger partial charge on any atom is 0.0384 e. The van der Waals surface area contributed by atoms with Gasteiger partial charge in [-0.25, -0.2) is 0 Å². The van der Waals surface area contributed by atoms with E-state index in [-0.39, 0.29) is 9.04 Å². The Balaban J connectivity index is 2.88. The first kappa shape index (κ1) is 7.24. The van der Waals surface area contributed by atoms with Crippen LogP contribution < -0.4 is 5.19 Å². The second kappa shape index (κ2) is 3.34. The average Bonchev–Trinajstić information content (AvgIpc) is 1.90. The van der Waals surface area contributed by atoms with Crippen molar-refractivity contribution < 1.29 is 0 Å². The first-order chi connectivity index (χ1) is 4.33. The third kappa shape index (κ3) is 2.08. The van der Waals surface area contributed by atoms with Gasteiger partial charge < -0.3 is 0 Å². The maximum atomic E-state index is 3.40. The second-order valence-corrected chi connectivity index (χ2v) is 6.54. The molecule has 0 aliphatic rings. The van der Waals surface area contributed by atoms with Crippen LogP contribution in [0, 0.1) is 0 Å². The fourth-order valence-corrected chi connectivity index (χ4v) is 3.11. The minimum atomic E-state index is 0.193. The van der Waals surface area contributed by atoms with Crippen LogP contribution in [0.1, 0.15) is 0 Å². The van der Waals surface area contributed by atoms with Gasteiger partial charge in [0.25, 0.3) is 0 Å². The first-order valence-corrected chi connectivity index (χ1v) is 10.2. The van der Waals surface area contributed by atoms with E-state index in [0.29, 0.717) is 0 Å². The van der Waals surface area contributed by atoms with Crippen LogP contribution in [0.2, 0.25) is 0 Å². The third-order valence-corrected chi connectivity index (χ3v) is 5.59. The second-order valence-electron chi connectivity index (χ2n) is 1.98. The summed E-state index contributed by atoms with van der Waals surface area (Å²) >= 11 is 3.40. The van der Waals surface area contributed by atoms with Crippen LogP contribution in [-0.2, 0) is 0 Å². The van der Waals surface area contributed by atoms with Crippen molar-refractivity contribution in [2.75, 3.05) is 0 Å². The maximum absolute atomic E-state index is 3.40. The van der Waals surface area contributed by atoms with E-state index in [1.54, 1.807) is 5.19 Å². The van der Waals surface area contributed by atoms with Crippen LogP contribution in [0.4, 0.5) is 0 Å². The quantitative estimate of drug-likeness (QED) is 0.558. The summed E-state index contributed by atoms with van der Waals surface area (Å²) < 4.78 is 1.19. The molecular formula is C6H9BrSi2. The van der Waals surface area contributed by atoms with Crippen LogP contribution in [0.5, 0.6) is 0 Å². The summed E-state index contributed by atoms with van der Waals surface area (Å²) in [6.07, 6.45) is 0. The van der Waals surface area contributed by atoms with Crippen molar-refractivity contribution in [3.05, 3.63) is 28.7 Å². The van der Waals surface area contributed by atoms with Gasteiger partial charge in [-0.3, -0.25) is 0 Å². The van der Waals surface area contributed by atoms with Crippen molar-refractivity contribution in [3.8, 4) is 0 Å². The van der Waals surface area contributed by atoms with Crippen LogP contribution in [0.15, 0.2) is 28.7 Å². The number of hydrogen-bond acceptors (Lipinski definition) is 0. The van der Waals surface area contributed by atoms with Crippen LogP contribution in [0.25, 0.3) is 0 Å². The smallest absolute Gasteiger partial charge is 0.0384 e. The van der Waals surface area contributed by atoms with E-state index in [1.807, 2.05) is 0 Å². The summed E-state index contributed by atoms with van der Waals surface area (Å²) in [5.74, 6) is 0. The third-order valence-electron chi connectivity index (χ3n) is 1.32. The van der Waals surface area contributed by atoms with Crippen molar-refractivity contribution in [2.24, 2.45) is 0 Å². The molecule has 0 atom stereocenters. The lowest BCUT2D eigenvalue weighted by Crippen LogP contribution is -2.12. The summed E-state index contributed by atoms with van der Waals surface area (Å²) in [5.41, 5.74) is 0. The molecular weight excluding hydrogens is 208 g/mol. The normalized spacial score (nSPS) is 11.2. The lowest BCUT2D eigenvalue weighted by molar-refractivity contribution is 1.70. The highest BCUT2D eigenvalue weighted by molar-refractivity contribution is 9.10. The van der Waals surface area contributed by atoms with Crippen molar-refractivity contribution in [1.29, 1.82) is 0 Å². The molecule has 3 heteroatoms. The molecule has 1 aromatic carbocycles. The SMILES string of the molecule is [SiH3][SiH2]c1ccc(Br)cc1. The fraction of sp³-hybridized carbons (Fsp3) is 0. The molecule has 0 aliphatic heterocycles. The van der Waals surface area contributed by atoms with Gasteiger partial charge in [0.2, 0.25) is 0 Å². The van der Waals surface area contributed by atoms with Gasteiger partial charge in [0, 0.05) is 13.5 Å². The van der Waals surface area contributed by atoms with Gasteiger partial charge in [-0.2, -0.15) is 0 Å². The molecule has 1 aromatic rings. The number of hydrogen-bond donors (Lipinski definition) is 0. The molecule has 0 saturated carbocycles. The molecule has 0 spiro atoms. The predicted octanol–water partition coefficient (Wildman–Crippen LogP) is -0.476. The largest absolute Gasteiger partial charge is 0.0704 e. The summed E-state index contributed by atoms with van der Waals surface area (Å²) in [6, 6.07) is 8.70. The fourth-order valence-electron chi connectivity index (χ4n) is 0.720. The van der Waals surface area contributed by atoms with E-state index >= 15 is 0 Å². The molecule has 0 aliphatic carbocycles. The Hall–Kier alpha value is 0.134. The van der Waals surface area contributed by atoms with E-state index in [0.717, 1.165) is 0 Å². The van der Waals surface area contributed by atoms with Gasteiger partial charge in [0.1, 0.15) is 0 Å². The van der Waals surface area contributed by atoms with Crippen molar-refractivity contribution in [3.63, 3.8) is 0 Å². The highest BCUT2D eigenvalue weighted by Gasteiger charge is 1.86. The van der Waals surface area contributed by atoms with Gasteiger partial charge >= 0.3 is 0 Å². The standard InChI is InChI=1S/C6H9BrSi2/c7-5-1-3-6(9-8)4-2-5/h1-4H,9H2,8H3. The zero-order valence-electron chi connectivity index (χ0n) is 5.39. The zero-order valence-corrected chi connectivity index (χ0v) is 10.4. The predicted molar refractivity (Wildman–Crippen MR) is 52.3 cm³/mol. The number of benzene rings is 1. The van der Waals surface area contributed by atoms with E-state index in [4.69, 9.17) is 0 Å². The molecule has 1 rings (SSSR count). The Morgan fingerprint density at radius 2 is 1.78 bits per heavy atom. The molecule has 0 nitrogen and oxygen atoms in total. The topological polar surface area (TPSA) is 0 Å². The lowest BCUT2D eigenvalue weighted by atomic mass is 10.4. The van der Waals surface area contributed by atoms with E-state index in [9.17, 15) is 0 Å². The molecule has 0 saturated heterocycles.